The predicted molar refractivity (Wildman–Crippen MR) is 64.4 cm³/mol. The zero-order valence-corrected chi connectivity index (χ0v) is 9.82. The molecule has 0 aliphatic rings. The number of nitrogens with zero attached hydrogens (tertiary/aromatic N) is 1. The van der Waals surface area contributed by atoms with Gasteiger partial charge < -0.3 is 10.5 Å². The van der Waals surface area contributed by atoms with Gasteiger partial charge in [0.25, 0.3) is 0 Å². The summed E-state index contributed by atoms with van der Waals surface area (Å²) in [5.74, 6) is -0.223. The van der Waals surface area contributed by atoms with E-state index >= 15 is 0 Å². The van der Waals surface area contributed by atoms with E-state index < -0.39 is 11.7 Å². The highest BCUT2D eigenvalue weighted by molar-refractivity contribution is 5.38. The molecule has 0 radical (unpaired) electrons. The monoisotopic (exact) mass is 268 g/mol. The summed E-state index contributed by atoms with van der Waals surface area (Å²) >= 11 is 0. The molecule has 0 spiro atoms. The average molecular weight is 268 g/mol. The lowest BCUT2D eigenvalue weighted by Crippen LogP contribution is -2.09. The van der Waals surface area contributed by atoms with Crippen molar-refractivity contribution in [2.24, 2.45) is 0 Å². The van der Waals surface area contributed by atoms with Crippen LogP contribution >= 0.6 is 0 Å². The van der Waals surface area contributed by atoms with Crippen LogP contribution in [0.25, 0.3) is 0 Å². The van der Waals surface area contributed by atoms with Crippen LogP contribution in [0, 0.1) is 0 Å². The summed E-state index contributed by atoms with van der Waals surface area (Å²) in [5, 5.41) is 0. The number of para-hydroxylation sites is 1. The van der Waals surface area contributed by atoms with E-state index in [1.807, 2.05) is 0 Å². The van der Waals surface area contributed by atoms with E-state index in [2.05, 4.69) is 4.98 Å². The molecule has 0 aliphatic carbocycles. The lowest BCUT2D eigenvalue weighted by Gasteiger charge is -2.13. The Bertz CT molecular complexity index is 570. The number of hydrogen-bond acceptors (Lipinski definition) is 3. The molecule has 6 heteroatoms. The Hall–Kier alpha value is -2.24. The number of hydrogen-bond donors (Lipinski definition) is 1. The molecule has 0 unspecified atom stereocenters. The summed E-state index contributed by atoms with van der Waals surface area (Å²) in [6.07, 6.45) is -2.97. The molecule has 0 saturated heterocycles. The Morgan fingerprint density at radius 3 is 2.58 bits per heavy atom. The lowest BCUT2D eigenvalue weighted by atomic mass is 10.2. The number of benzene rings is 1. The molecule has 0 fully saturated rings. The summed E-state index contributed by atoms with van der Waals surface area (Å²) in [4.78, 5) is 3.96. The second kappa shape index (κ2) is 5.17. The maximum atomic E-state index is 12.7. The molecule has 1 aromatic heterocycles. The molecule has 100 valence electrons. The van der Waals surface area contributed by atoms with Crippen molar-refractivity contribution in [2.45, 2.75) is 12.8 Å². The van der Waals surface area contributed by atoms with Gasteiger partial charge in [0.1, 0.15) is 12.4 Å². The van der Waals surface area contributed by atoms with Gasteiger partial charge in [-0.2, -0.15) is 13.2 Å². The molecule has 19 heavy (non-hydrogen) atoms. The van der Waals surface area contributed by atoms with Crippen molar-refractivity contribution in [3.05, 3.63) is 53.9 Å². The van der Waals surface area contributed by atoms with E-state index in [-0.39, 0.29) is 12.4 Å². The Morgan fingerprint density at radius 2 is 1.89 bits per heavy atom. The molecule has 0 bridgehead atoms. The molecule has 0 atom stereocenters. The van der Waals surface area contributed by atoms with Gasteiger partial charge in [0.05, 0.1) is 11.3 Å². The van der Waals surface area contributed by atoms with Gasteiger partial charge in [0, 0.05) is 11.9 Å². The molecule has 2 aromatic rings. The average Bonchev–Trinajstić information content (AvgIpc) is 2.36. The number of halogens is 3. The number of alkyl halides is 3. The quantitative estimate of drug-likeness (QED) is 0.929. The van der Waals surface area contributed by atoms with Crippen molar-refractivity contribution < 1.29 is 17.9 Å². The van der Waals surface area contributed by atoms with Crippen molar-refractivity contribution in [2.75, 3.05) is 5.73 Å². The number of rotatable bonds is 3. The summed E-state index contributed by atoms with van der Waals surface area (Å²) in [6, 6.07) is 8.19. The first-order chi connectivity index (χ1) is 8.97. The second-order valence-corrected chi connectivity index (χ2v) is 3.86. The fourth-order valence-electron chi connectivity index (χ4n) is 1.55. The number of anilines is 1. The first kappa shape index (κ1) is 13.2. The highest BCUT2D eigenvalue weighted by Gasteiger charge is 2.33. The van der Waals surface area contributed by atoms with E-state index in [9.17, 15) is 13.2 Å². The summed E-state index contributed by atoms with van der Waals surface area (Å²) in [7, 11) is 0. The fourth-order valence-corrected chi connectivity index (χ4v) is 1.55. The Labute approximate surface area is 107 Å². The van der Waals surface area contributed by atoms with Crippen LogP contribution in [0.1, 0.15) is 11.3 Å². The third-order valence-electron chi connectivity index (χ3n) is 2.41. The number of nitrogens with two attached hydrogens (primary N) is 1. The zero-order valence-electron chi connectivity index (χ0n) is 9.82. The number of aromatic nitrogens is 1. The highest BCUT2D eigenvalue weighted by atomic mass is 19.4. The van der Waals surface area contributed by atoms with Crippen LogP contribution in [0.5, 0.6) is 5.75 Å². The minimum Gasteiger partial charge on any atom is -0.487 e. The standard InChI is InChI=1S/C13H11F3N2O/c14-13(15,16)11-3-1-2-4-12(11)19-8-10-7-9(17)5-6-18-10/h1-7H,8H2,(H2,17,18). The van der Waals surface area contributed by atoms with Gasteiger partial charge in [-0.15, -0.1) is 0 Å². The van der Waals surface area contributed by atoms with Crippen molar-refractivity contribution in [1.29, 1.82) is 0 Å². The van der Waals surface area contributed by atoms with E-state index in [4.69, 9.17) is 10.5 Å². The minimum absolute atomic E-state index is 0.0713. The van der Waals surface area contributed by atoms with Gasteiger partial charge in [0.15, 0.2) is 0 Å². The van der Waals surface area contributed by atoms with E-state index in [0.29, 0.717) is 11.4 Å². The molecule has 0 saturated carbocycles. The van der Waals surface area contributed by atoms with Crippen LogP contribution in [0.4, 0.5) is 18.9 Å². The van der Waals surface area contributed by atoms with Crippen LogP contribution in [0.2, 0.25) is 0 Å². The van der Waals surface area contributed by atoms with Crippen molar-refractivity contribution in [1.82, 2.24) is 4.98 Å². The van der Waals surface area contributed by atoms with Gasteiger partial charge in [-0.25, -0.2) is 0 Å². The molecule has 0 amide bonds. The molecule has 3 nitrogen and oxygen atoms in total. The Kier molecular flexibility index (Phi) is 3.59. The van der Waals surface area contributed by atoms with Gasteiger partial charge in [-0.3, -0.25) is 4.98 Å². The SMILES string of the molecule is Nc1ccnc(COc2ccccc2C(F)(F)F)c1. The molecule has 1 aromatic carbocycles. The predicted octanol–water partition coefficient (Wildman–Crippen LogP) is 3.26. The first-order valence-corrected chi connectivity index (χ1v) is 5.46. The van der Waals surface area contributed by atoms with Crippen LogP contribution < -0.4 is 10.5 Å². The maximum Gasteiger partial charge on any atom is 0.419 e. The van der Waals surface area contributed by atoms with Gasteiger partial charge in [-0.05, 0) is 24.3 Å². The summed E-state index contributed by atoms with van der Waals surface area (Å²) < 4.78 is 43.3. The maximum absolute atomic E-state index is 12.7. The van der Waals surface area contributed by atoms with E-state index in [1.54, 1.807) is 12.1 Å². The molecular weight excluding hydrogens is 257 g/mol. The van der Waals surface area contributed by atoms with Gasteiger partial charge in [-0.1, -0.05) is 12.1 Å². The summed E-state index contributed by atoms with van der Waals surface area (Å²) in [6.45, 7) is -0.0713. The first-order valence-electron chi connectivity index (χ1n) is 5.46. The van der Waals surface area contributed by atoms with Crippen LogP contribution in [-0.4, -0.2) is 4.98 Å². The topological polar surface area (TPSA) is 48.1 Å². The molecule has 2 rings (SSSR count). The second-order valence-electron chi connectivity index (χ2n) is 3.86. The molecular formula is C13H11F3N2O. The van der Waals surface area contributed by atoms with Crippen molar-refractivity contribution >= 4 is 5.69 Å². The Balaban J connectivity index is 2.16. The molecule has 0 aliphatic heterocycles. The summed E-state index contributed by atoms with van der Waals surface area (Å²) in [5.41, 5.74) is 5.70. The van der Waals surface area contributed by atoms with Crippen molar-refractivity contribution in [3.63, 3.8) is 0 Å². The number of nitrogen functional groups attached to an aromatic ring is 1. The smallest absolute Gasteiger partial charge is 0.419 e. The fraction of sp³-hybridized carbons (Fsp3) is 0.154. The van der Waals surface area contributed by atoms with Gasteiger partial charge >= 0.3 is 6.18 Å². The van der Waals surface area contributed by atoms with Crippen LogP contribution in [0.15, 0.2) is 42.6 Å². The third-order valence-corrected chi connectivity index (χ3v) is 2.41. The third kappa shape index (κ3) is 3.37. The minimum atomic E-state index is -4.44. The van der Waals surface area contributed by atoms with E-state index in [0.717, 1.165) is 6.07 Å². The van der Waals surface area contributed by atoms with Gasteiger partial charge in [0.2, 0.25) is 0 Å². The molecule has 2 N–H and O–H groups in total. The Morgan fingerprint density at radius 1 is 1.16 bits per heavy atom. The normalized spacial score (nSPS) is 11.3. The number of pyridine rings is 1. The van der Waals surface area contributed by atoms with Crippen molar-refractivity contribution in [3.8, 4) is 5.75 Å². The lowest BCUT2D eigenvalue weighted by molar-refractivity contribution is -0.139. The number of ether oxygens (including phenoxy) is 1. The highest BCUT2D eigenvalue weighted by Crippen LogP contribution is 2.36. The van der Waals surface area contributed by atoms with Crippen LogP contribution in [-0.2, 0) is 12.8 Å². The molecule has 1 heterocycles. The zero-order chi connectivity index (χ0) is 13.9. The van der Waals surface area contributed by atoms with Crippen LogP contribution in [0.3, 0.4) is 0 Å². The largest absolute Gasteiger partial charge is 0.487 e. The van der Waals surface area contributed by atoms with E-state index in [1.165, 1.54) is 24.4 Å².